The molecule has 0 radical (unpaired) electrons. The lowest BCUT2D eigenvalue weighted by atomic mass is 9.96. The lowest BCUT2D eigenvalue weighted by molar-refractivity contribution is 0.200. The van der Waals surface area contributed by atoms with Gasteiger partial charge in [0.2, 0.25) is 10.0 Å². The molecule has 1 N–H and O–H groups in total. The summed E-state index contributed by atoms with van der Waals surface area (Å²) in [6.45, 7) is 10.3. The van der Waals surface area contributed by atoms with Gasteiger partial charge in [0, 0.05) is 56.3 Å². The topological polar surface area (TPSA) is 90.8 Å². The fourth-order valence-corrected chi connectivity index (χ4v) is 5.76. The van der Waals surface area contributed by atoms with Crippen molar-refractivity contribution in [2.75, 3.05) is 19.6 Å². The van der Waals surface area contributed by atoms with E-state index in [2.05, 4.69) is 23.8 Å². The number of sulfonamides is 1. The highest BCUT2D eigenvalue weighted by Crippen LogP contribution is 2.29. The summed E-state index contributed by atoms with van der Waals surface area (Å²) in [5.41, 5.74) is 3.14. The first-order chi connectivity index (χ1) is 13.7. The van der Waals surface area contributed by atoms with E-state index < -0.39 is 15.3 Å². The SMILES string of the molecule is CC(C)N1CCc2nc3cc(C4CCCN(S(=O)(=O)C(C)C)C4)[nH]n3c(=O)c2C1. The van der Waals surface area contributed by atoms with Gasteiger partial charge in [-0.05, 0) is 40.5 Å². The van der Waals surface area contributed by atoms with Crippen LogP contribution in [0.4, 0.5) is 0 Å². The lowest BCUT2D eigenvalue weighted by Crippen LogP contribution is -2.42. The van der Waals surface area contributed by atoms with Crippen LogP contribution in [0.25, 0.3) is 5.65 Å². The van der Waals surface area contributed by atoms with E-state index in [1.54, 1.807) is 18.2 Å². The quantitative estimate of drug-likeness (QED) is 0.812. The van der Waals surface area contributed by atoms with E-state index >= 15 is 0 Å². The van der Waals surface area contributed by atoms with Crippen molar-refractivity contribution < 1.29 is 8.42 Å². The summed E-state index contributed by atoms with van der Waals surface area (Å²) in [7, 11) is -3.28. The molecule has 0 saturated carbocycles. The molecule has 2 aromatic heterocycles. The average molecular weight is 422 g/mol. The smallest absolute Gasteiger partial charge is 0.277 e. The highest BCUT2D eigenvalue weighted by Gasteiger charge is 2.32. The minimum atomic E-state index is -3.28. The first-order valence-corrected chi connectivity index (χ1v) is 12.0. The van der Waals surface area contributed by atoms with Crippen LogP contribution in [0.1, 0.15) is 63.4 Å². The maximum Gasteiger partial charge on any atom is 0.277 e. The Morgan fingerprint density at radius 2 is 1.97 bits per heavy atom. The van der Waals surface area contributed by atoms with Gasteiger partial charge in [0.25, 0.3) is 5.56 Å². The molecular formula is C20H31N5O3S. The Morgan fingerprint density at radius 1 is 1.21 bits per heavy atom. The zero-order valence-electron chi connectivity index (χ0n) is 17.7. The van der Waals surface area contributed by atoms with Crippen LogP contribution in [0.15, 0.2) is 10.9 Å². The van der Waals surface area contributed by atoms with Crippen LogP contribution in [-0.2, 0) is 23.0 Å². The molecule has 1 atom stereocenters. The number of hydrogen-bond donors (Lipinski definition) is 1. The first kappa shape index (κ1) is 20.6. The van der Waals surface area contributed by atoms with Gasteiger partial charge in [0.1, 0.15) is 0 Å². The molecule has 0 bridgehead atoms. The van der Waals surface area contributed by atoms with E-state index in [0.717, 1.165) is 42.8 Å². The Balaban J connectivity index is 1.66. The number of H-pyrrole nitrogens is 1. The van der Waals surface area contributed by atoms with Crippen molar-refractivity contribution in [2.24, 2.45) is 0 Å². The highest BCUT2D eigenvalue weighted by molar-refractivity contribution is 7.89. The van der Waals surface area contributed by atoms with E-state index in [9.17, 15) is 13.2 Å². The Hall–Kier alpha value is -1.71. The number of fused-ring (bicyclic) bond motifs is 2. The number of nitrogens with zero attached hydrogens (tertiary/aromatic N) is 4. The molecule has 160 valence electrons. The summed E-state index contributed by atoms with van der Waals surface area (Å²) >= 11 is 0. The summed E-state index contributed by atoms with van der Waals surface area (Å²) in [5, 5.41) is 2.80. The molecule has 0 amide bonds. The minimum absolute atomic E-state index is 0.0379. The van der Waals surface area contributed by atoms with E-state index in [4.69, 9.17) is 4.98 Å². The molecule has 29 heavy (non-hydrogen) atoms. The summed E-state index contributed by atoms with van der Waals surface area (Å²) in [6, 6.07) is 2.31. The molecule has 2 aromatic rings. The highest BCUT2D eigenvalue weighted by atomic mass is 32.2. The van der Waals surface area contributed by atoms with Crippen LogP contribution in [0, 0.1) is 0 Å². The van der Waals surface area contributed by atoms with Gasteiger partial charge >= 0.3 is 0 Å². The summed E-state index contributed by atoms with van der Waals surface area (Å²) in [6.07, 6.45) is 2.49. The third-order valence-electron chi connectivity index (χ3n) is 6.32. The van der Waals surface area contributed by atoms with Crippen molar-refractivity contribution in [1.29, 1.82) is 0 Å². The zero-order valence-corrected chi connectivity index (χ0v) is 18.5. The maximum atomic E-state index is 13.1. The van der Waals surface area contributed by atoms with Crippen molar-refractivity contribution >= 4 is 15.7 Å². The third-order valence-corrected chi connectivity index (χ3v) is 8.56. The van der Waals surface area contributed by atoms with Crippen LogP contribution in [-0.4, -0.2) is 63.1 Å². The summed E-state index contributed by atoms with van der Waals surface area (Å²) in [4.78, 5) is 20.2. The second kappa shape index (κ2) is 7.52. The summed E-state index contributed by atoms with van der Waals surface area (Å²) < 4.78 is 28.3. The first-order valence-electron chi connectivity index (χ1n) is 10.5. The van der Waals surface area contributed by atoms with E-state index in [1.807, 2.05) is 6.07 Å². The maximum absolute atomic E-state index is 13.1. The van der Waals surface area contributed by atoms with Gasteiger partial charge in [-0.3, -0.25) is 14.8 Å². The van der Waals surface area contributed by atoms with Gasteiger partial charge in [0.05, 0.1) is 16.5 Å². The average Bonchev–Trinajstić information content (AvgIpc) is 3.12. The molecule has 2 aliphatic rings. The molecule has 2 aliphatic heterocycles. The molecule has 4 heterocycles. The molecule has 0 aromatic carbocycles. The largest absolute Gasteiger partial charge is 0.296 e. The number of hydrogen-bond acceptors (Lipinski definition) is 5. The molecule has 4 rings (SSSR count). The van der Waals surface area contributed by atoms with Crippen molar-refractivity contribution in [3.05, 3.63) is 33.4 Å². The van der Waals surface area contributed by atoms with Crippen molar-refractivity contribution in [2.45, 2.75) is 70.7 Å². The number of aromatic nitrogens is 3. The van der Waals surface area contributed by atoms with E-state index in [1.165, 1.54) is 4.52 Å². The molecule has 1 unspecified atom stereocenters. The lowest BCUT2D eigenvalue weighted by Gasteiger charge is -2.32. The van der Waals surface area contributed by atoms with Crippen molar-refractivity contribution in [3.63, 3.8) is 0 Å². The van der Waals surface area contributed by atoms with Crippen LogP contribution in [0.2, 0.25) is 0 Å². The standard InChI is InChI=1S/C20H31N5O3S/c1-13(2)23-9-7-17-16(12-23)20(26)25-19(21-17)10-18(22-25)15-6-5-8-24(11-15)29(27,28)14(3)4/h10,13-15,22H,5-9,11-12H2,1-4H3. The predicted octanol–water partition coefficient (Wildman–Crippen LogP) is 1.71. The van der Waals surface area contributed by atoms with Crippen LogP contribution in [0.5, 0.6) is 0 Å². The number of piperidine rings is 1. The second-order valence-electron chi connectivity index (χ2n) is 8.85. The molecule has 0 spiro atoms. The molecule has 8 nitrogen and oxygen atoms in total. The van der Waals surface area contributed by atoms with Crippen LogP contribution in [0.3, 0.4) is 0 Å². The van der Waals surface area contributed by atoms with Crippen LogP contribution < -0.4 is 5.56 Å². The Kier molecular flexibility index (Phi) is 5.33. The van der Waals surface area contributed by atoms with Crippen molar-refractivity contribution in [3.8, 4) is 0 Å². The van der Waals surface area contributed by atoms with E-state index in [0.29, 0.717) is 31.3 Å². The van der Waals surface area contributed by atoms with Crippen LogP contribution >= 0.6 is 0 Å². The van der Waals surface area contributed by atoms with Gasteiger partial charge in [-0.15, -0.1) is 0 Å². The molecule has 0 aliphatic carbocycles. The van der Waals surface area contributed by atoms with Crippen molar-refractivity contribution in [1.82, 2.24) is 23.8 Å². The number of nitrogens with one attached hydrogen (secondary N) is 1. The van der Waals surface area contributed by atoms with Gasteiger partial charge in [-0.2, -0.15) is 0 Å². The van der Waals surface area contributed by atoms with E-state index in [-0.39, 0.29) is 11.5 Å². The van der Waals surface area contributed by atoms with Gasteiger partial charge in [-0.1, -0.05) is 0 Å². The summed E-state index contributed by atoms with van der Waals surface area (Å²) in [5.74, 6) is 0.0440. The second-order valence-corrected chi connectivity index (χ2v) is 11.3. The Morgan fingerprint density at radius 3 is 2.66 bits per heavy atom. The Labute approximate surface area is 171 Å². The minimum Gasteiger partial charge on any atom is -0.296 e. The molecule has 1 saturated heterocycles. The van der Waals surface area contributed by atoms with Gasteiger partial charge < -0.3 is 0 Å². The normalized spacial score (nSPS) is 21.9. The fourth-order valence-electron chi connectivity index (χ4n) is 4.40. The molecule has 9 heteroatoms. The monoisotopic (exact) mass is 421 g/mol. The zero-order chi connectivity index (χ0) is 20.9. The fraction of sp³-hybridized carbons (Fsp3) is 0.700. The predicted molar refractivity (Wildman–Crippen MR) is 113 cm³/mol. The van der Waals surface area contributed by atoms with Gasteiger partial charge in [-0.25, -0.2) is 22.2 Å². The third kappa shape index (κ3) is 3.64. The number of rotatable bonds is 4. The molecular weight excluding hydrogens is 390 g/mol. The number of aromatic amines is 1. The Bertz CT molecular complexity index is 1070. The van der Waals surface area contributed by atoms with Gasteiger partial charge in [0.15, 0.2) is 5.65 Å². The molecule has 1 fully saturated rings.